The van der Waals surface area contributed by atoms with Gasteiger partial charge < -0.3 is 9.84 Å². The highest BCUT2D eigenvalue weighted by molar-refractivity contribution is 5.78. The summed E-state index contributed by atoms with van der Waals surface area (Å²) in [6.45, 7) is 2.64. The molecule has 0 aliphatic carbocycles. The quantitative estimate of drug-likeness (QED) is 0.758. The van der Waals surface area contributed by atoms with Crippen LogP contribution in [0.15, 0.2) is 59.6 Å². The Labute approximate surface area is 134 Å². The number of amides is 1. The molecule has 23 heavy (non-hydrogen) atoms. The summed E-state index contributed by atoms with van der Waals surface area (Å²) in [6.07, 6.45) is 5.40. The third-order valence-electron chi connectivity index (χ3n) is 3.55. The average Bonchev–Trinajstić information content (AvgIpc) is 3.20. The van der Waals surface area contributed by atoms with Crippen molar-refractivity contribution in [2.75, 3.05) is 0 Å². The van der Waals surface area contributed by atoms with Gasteiger partial charge in [-0.15, -0.1) is 0 Å². The fourth-order valence-electron chi connectivity index (χ4n) is 2.33. The zero-order valence-electron chi connectivity index (χ0n) is 12.8. The predicted octanol–water partition coefficient (Wildman–Crippen LogP) is 2.34. The minimum atomic E-state index is -0.112. The zero-order valence-corrected chi connectivity index (χ0v) is 12.8. The Bertz CT molecular complexity index is 750. The highest BCUT2D eigenvalue weighted by atomic mass is 16.5. The number of aromatic nitrogens is 3. The van der Waals surface area contributed by atoms with Crippen LogP contribution in [-0.2, 0) is 17.8 Å². The standard InChI is InChI=1S/C17H18N4O2/c1-13(19-17(22)9-16-7-8-23-20-16)15-10-18-21(12-15)11-14-5-3-2-4-6-14/h2-8,10,12-13H,9,11H2,1H3,(H,19,22). The van der Waals surface area contributed by atoms with E-state index in [0.717, 1.165) is 5.56 Å². The summed E-state index contributed by atoms with van der Waals surface area (Å²) in [7, 11) is 0. The maximum absolute atomic E-state index is 12.0. The Morgan fingerprint density at radius 1 is 1.30 bits per heavy atom. The van der Waals surface area contributed by atoms with Gasteiger partial charge in [0.25, 0.3) is 0 Å². The second-order valence-corrected chi connectivity index (χ2v) is 5.41. The fraction of sp³-hybridized carbons (Fsp3) is 0.235. The van der Waals surface area contributed by atoms with Crippen molar-refractivity contribution in [3.8, 4) is 0 Å². The number of benzene rings is 1. The van der Waals surface area contributed by atoms with Crippen molar-refractivity contribution in [1.29, 1.82) is 0 Å². The van der Waals surface area contributed by atoms with Crippen molar-refractivity contribution < 1.29 is 9.32 Å². The van der Waals surface area contributed by atoms with Crippen LogP contribution in [0.1, 0.15) is 29.8 Å². The molecule has 6 nitrogen and oxygen atoms in total. The highest BCUT2D eigenvalue weighted by Crippen LogP contribution is 2.12. The molecule has 0 fully saturated rings. The van der Waals surface area contributed by atoms with Gasteiger partial charge >= 0.3 is 0 Å². The molecule has 1 unspecified atom stereocenters. The minimum absolute atomic E-state index is 0.0952. The van der Waals surface area contributed by atoms with Gasteiger partial charge in [-0.1, -0.05) is 35.5 Å². The minimum Gasteiger partial charge on any atom is -0.364 e. The van der Waals surface area contributed by atoms with E-state index >= 15 is 0 Å². The van der Waals surface area contributed by atoms with Gasteiger partial charge in [0.2, 0.25) is 5.91 Å². The van der Waals surface area contributed by atoms with Crippen molar-refractivity contribution in [2.24, 2.45) is 0 Å². The molecule has 0 bridgehead atoms. The van der Waals surface area contributed by atoms with Gasteiger partial charge in [0.1, 0.15) is 6.26 Å². The molecule has 1 N–H and O–H groups in total. The molecular weight excluding hydrogens is 292 g/mol. The molecule has 1 amide bonds. The molecule has 0 radical (unpaired) electrons. The second kappa shape index (κ2) is 6.91. The van der Waals surface area contributed by atoms with Gasteiger partial charge in [-0.25, -0.2) is 0 Å². The van der Waals surface area contributed by atoms with E-state index in [1.807, 2.05) is 36.0 Å². The van der Waals surface area contributed by atoms with Gasteiger partial charge in [0, 0.05) is 17.8 Å². The lowest BCUT2D eigenvalue weighted by Crippen LogP contribution is -2.28. The van der Waals surface area contributed by atoms with Gasteiger partial charge in [0.05, 0.1) is 30.9 Å². The van der Waals surface area contributed by atoms with Crippen LogP contribution < -0.4 is 5.32 Å². The second-order valence-electron chi connectivity index (χ2n) is 5.41. The summed E-state index contributed by atoms with van der Waals surface area (Å²) in [5.41, 5.74) is 2.77. The third kappa shape index (κ3) is 4.06. The molecule has 118 valence electrons. The van der Waals surface area contributed by atoms with Crippen molar-refractivity contribution in [3.63, 3.8) is 0 Å². The number of hydrogen-bond acceptors (Lipinski definition) is 4. The maximum atomic E-state index is 12.0. The largest absolute Gasteiger partial charge is 0.364 e. The Kier molecular flexibility index (Phi) is 4.52. The van der Waals surface area contributed by atoms with E-state index in [0.29, 0.717) is 12.2 Å². The molecule has 0 saturated heterocycles. The normalized spacial score (nSPS) is 12.0. The summed E-state index contributed by atoms with van der Waals surface area (Å²) >= 11 is 0. The average molecular weight is 310 g/mol. The maximum Gasteiger partial charge on any atom is 0.226 e. The molecule has 0 aliphatic heterocycles. The Morgan fingerprint density at radius 2 is 2.13 bits per heavy atom. The SMILES string of the molecule is CC(NC(=O)Cc1ccon1)c1cnn(Cc2ccccc2)c1. The van der Waals surface area contributed by atoms with Gasteiger partial charge in [-0.2, -0.15) is 5.10 Å². The first kappa shape index (κ1) is 15.0. The highest BCUT2D eigenvalue weighted by Gasteiger charge is 2.13. The van der Waals surface area contributed by atoms with E-state index in [4.69, 9.17) is 4.52 Å². The Morgan fingerprint density at radius 3 is 2.87 bits per heavy atom. The lowest BCUT2D eigenvalue weighted by molar-refractivity contribution is -0.121. The number of hydrogen-bond donors (Lipinski definition) is 1. The molecule has 2 aromatic heterocycles. The van der Waals surface area contributed by atoms with Crippen LogP contribution in [-0.4, -0.2) is 20.8 Å². The van der Waals surface area contributed by atoms with Gasteiger partial charge in [-0.05, 0) is 12.5 Å². The van der Waals surface area contributed by atoms with E-state index in [2.05, 4.69) is 27.7 Å². The summed E-state index contributed by atoms with van der Waals surface area (Å²) in [5, 5.41) is 11.0. The van der Waals surface area contributed by atoms with Crippen molar-refractivity contribution >= 4 is 5.91 Å². The molecular formula is C17H18N4O2. The van der Waals surface area contributed by atoms with Crippen LogP contribution in [0.4, 0.5) is 0 Å². The van der Waals surface area contributed by atoms with Gasteiger partial charge in [0.15, 0.2) is 0 Å². The summed E-state index contributed by atoms with van der Waals surface area (Å²) < 4.78 is 6.59. The van der Waals surface area contributed by atoms with E-state index in [1.165, 1.54) is 11.8 Å². The summed E-state index contributed by atoms with van der Waals surface area (Å²) in [5.74, 6) is -0.0952. The van der Waals surface area contributed by atoms with Crippen LogP contribution in [0, 0.1) is 0 Å². The molecule has 0 aliphatic rings. The number of rotatable bonds is 6. The molecule has 3 rings (SSSR count). The molecule has 1 atom stereocenters. The third-order valence-corrected chi connectivity index (χ3v) is 3.55. The number of nitrogens with zero attached hydrogens (tertiary/aromatic N) is 3. The molecule has 3 aromatic rings. The Balaban J connectivity index is 1.57. The first-order valence-corrected chi connectivity index (χ1v) is 7.45. The van der Waals surface area contributed by atoms with E-state index in [9.17, 15) is 4.79 Å². The van der Waals surface area contributed by atoms with Crippen molar-refractivity contribution in [3.05, 3.63) is 71.9 Å². The molecule has 0 spiro atoms. The zero-order chi connectivity index (χ0) is 16.1. The number of carbonyl (C=O) groups is 1. The molecule has 0 saturated carbocycles. The van der Waals surface area contributed by atoms with E-state index < -0.39 is 0 Å². The van der Waals surface area contributed by atoms with Crippen LogP contribution >= 0.6 is 0 Å². The number of nitrogens with one attached hydrogen (secondary N) is 1. The lowest BCUT2D eigenvalue weighted by atomic mass is 10.2. The summed E-state index contributed by atoms with van der Waals surface area (Å²) in [4.78, 5) is 12.0. The first-order chi connectivity index (χ1) is 11.2. The van der Waals surface area contributed by atoms with Crippen molar-refractivity contribution in [2.45, 2.75) is 25.9 Å². The van der Waals surface area contributed by atoms with Crippen LogP contribution in [0.2, 0.25) is 0 Å². The fourth-order valence-corrected chi connectivity index (χ4v) is 2.33. The van der Waals surface area contributed by atoms with E-state index in [-0.39, 0.29) is 18.4 Å². The van der Waals surface area contributed by atoms with Crippen LogP contribution in [0.5, 0.6) is 0 Å². The topological polar surface area (TPSA) is 73.0 Å². The first-order valence-electron chi connectivity index (χ1n) is 7.45. The summed E-state index contributed by atoms with van der Waals surface area (Å²) in [6, 6.07) is 11.7. The predicted molar refractivity (Wildman–Crippen MR) is 84.5 cm³/mol. The van der Waals surface area contributed by atoms with Gasteiger partial charge in [-0.3, -0.25) is 9.48 Å². The Hall–Kier alpha value is -2.89. The smallest absolute Gasteiger partial charge is 0.226 e. The molecule has 2 heterocycles. The monoisotopic (exact) mass is 310 g/mol. The lowest BCUT2D eigenvalue weighted by Gasteiger charge is -2.11. The molecule has 1 aromatic carbocycles. The van der Waals surface area contributed by atoms with Crippen LogP contribution in [0.25, 0.3) is 0 Å². The molecule has 6 heteroatoms. The van der Waals surface area contributed by atoms with E-state index in [1.54, 1.807) is 12.3 Å². The number of carbonyl (C=O) groups excluding carboxylic acids is 1. The van der Waals surface area contributed by atoms with Crippen molar-refractivity contribution in [1.82, 2.24) is 20.3 Å². The van der Waals surface area contributed by atoms with Crippen LogP contribution in [0.3, 0.4) is 0 Å².